The van der Waals surface area contributed by atoms with Crippen molar-refractivity contribution in [2.45, 2.75) is 57.5 Å². The Morgan fingerprint density at radius 1 is 1.29 bits per heavy atom. The molecule has 1 aromatic rings. The number of carbonyl (C=O) groups excluding carboxylic acids is 1. The fourth-order valence-electron chi connectivity index (χ4n) is 2.71. The van der Waals surface area contributed by atoms with E-state index >= 15 is 0 Å². The summed E-state index contributed by atoms with van der Waals surface area (Å²) in [6.45, 7) is 2.14. The van der Waals surface area contributed by atoms with Gasteiger partial charge in [0.1, 0.15) is 5.75 Å². The van der Waals surface area contributed by atoms with Gasteiger partial charge in [0.2, 0.25) is 0 Å². The molecule has 1 amide bonds. The highest BCUT2D eigenvalue weighted by Crippen LogP contribution is 2.19. The van der Waals surface area contributed by atoms with Crippen molar-refractivity contribution in [1.29, 1.82) is 0 Å². The van der Waals surface area contributed by atoms with Crippen LogP contribution in [0.1, 0.15) is 57.1 Å². The minimum atomic E-state index is -0.0313. The topological polar surface area (TPSA) is 64.3 Å². The molecular weight excluding hydrogens is 264 g/mol. The molecule has 0 aliphatic heterocycles. The molecule has 1 atom stereocenters. The predicted octanol–water partition coefficient (Wildman–Crippen LogP) is 2.92. The summed E-state index contributed by atoms with van der Waals surface area (Å²) >= 11 is 0. The molecule has 116 valence electrons. The molecule has 1 aliphatic rings. The van der Waals surface area contributed by atoms with E-state index in [9.17, 15) is 4.79 Å². The van der Waals surface area contributed by atoms with E-state index in [1.807, 2.05) is 24.3 Å². The van der Waals surface area contributed by atoms with Crippen LogP contribution in [0.2, 0.25) is 0 Å². The third-order valence-corrected chi connectivity index (χ3v) is 4.09. The molecule has 0 unspecified atom stereocenters. The summed E-state index contributed by atoms with van der Waals surface area (Å²) in [5.74, 6) is 0.678. The van der Waals surface area contributed by atoms with Crippen molar-refractivity contribution in [3.63, 3.8) is 0 Å². The van der Waals surface area contributed by atoms with E-state index in [-0.39, 0.29) is 18.6 Å². The molecule has 0 heterocycles. The molecule has 1 aromatic carbocycles. The van der Waals surface area contributed by atoms with Gasteiger partial charge in [-0.1, -0.05) is 38.3 Å². The SMILES string of the molecule is CC[C@H](N)c1ccc(OCC(=O)NC2CCCCC2)cc1. The molecule has 4 nitrogen and oxygen atoms in total. The first-order valence-electron chi connectivity index (χ1n) is 7.96. The van der Waals surface area contributed by atoms with Crippen LogP contribution in [0, 0.1) is 0 Å². The van der Waals surface area contributed by atoms with Gasteiger partial charge in [-0.15, -0.1) is 0 Å². The van der Waals surface area contributed by atoms with E-state index in [0.29, 0.717) is 11.8 Å². The summed E-state index contributed by atoms with van der Waals surface area (Å²) < 4.78 is 5.52. The van der Waals surface area contributed by atoms with E-state index in [0.717, 1.165) is 24.8 Å². The second-order valence-electron chi connectivity index (χ2n) is 5.77. The average Bonchev–Trinajstić information content (AvgIpc) is 2.53. The van der Waals surface area contributed by atoms with Crippen LogP contribution in [-0.4, -0.2) is 18.6 Å². The largest absolute Gasteiger partial charge is 0.484 e. The number of nitrogens with one attached hydrogen (secondary N) is 1. The molecule has 1 aliphatic carbocycles. The van der Waals surface area contributed by atoms with Gasteiger partial charge in [-0.3, -0.25) is 4.79 Å². The normalized spacial score (nSPS) is 17.2. The van der Waals surface area contributed by atoms with E-state index in [2.05, 4.69) is 12.2 Å². The molecule has 0 aromatic heterocycles. The molecular formula is C17H26N2O2. The fraction of sp³-hybridized carbons (Fsp3) is 0.588. The zero-order valence-electron chi connectivity index (χ0n) is 12.8. The summed E-state index contributed by atoms with van der Waals surface area (Å²) in [5.41, 5.74) is 7.06. The lowest BCUT2D eigenvalue weighted by Crippen LogP contribution is -2.38. The van der Waals surface area contributed by atoms with Gasteiger partial charge >= 0.3 is 0 Å². The summed E-state index contributed by atoms with van der Waals surface area (Å²) in [6, 6.07) is 8.07. The van der Waals surface area contributed by atoms with Crippen LogP contribution in [-0.2, 0) is 4.79 Å². The van der Waals surface area contributed by atoms with Crippen molar-refractivity contribution >= 4 is 5.91 Å². The van der Waals surface area contributed by atoms with Gasteiger partial charge in [-0.2, -0.15) is 0 Å². The van der Waals surface area contributed by atoms with E-state index in [1.165, 1.54) is 19.3 Å². The third kappa shape index (κ3) is 5.05. The van der Waals surface area contributed by atoms with Crippen molar-refractivity contribution in [2.24, 2.45) is 5.73 Å². The molecule has 4 heteroatoms. The first-order valence-corrected chi connectivity index (χ1v) is 7.96. The highest BCUT2D eigenvalue weighted by molar-refractivity contribution is 5.77. The quantitative estimate of drug-likeness (QED) is 0.846. The minimum Gasteiger partial charge on any atom is -0.484 e. The molecule has 3 N–H and O–H groups in total. The van der Waals surface area contributed by atoms with Crippen LogP contribution >= 0.6 is 0 Å². The van der Waals surface area contributed by atoms with Gasteiger partial charge in [0.25, 0.3) is 5.91 Å². The second kappa shape index (κ2) is 8.03. The Morgan fingerprint density at radius 2 is 1.95 bits per heavy atom. The second-order valence-corrected chi connectivity index (χ2v) is 5.77. The Bertz CT molecular complexity index is 439. The van der Waals surface area contributed by atoms with E-state index in [4.69, 9.17) is 10.5 Å². The van der Waals surface area contributed by atoms with Crippen molar-refractivity contribution in [2.75, 3.05) is 6.61 Å². The molecule has 1 fully saturated rings. The first kappa shape index (κ1) is 15.8. The smallest absolute Gasteiger partial charge is 0.258 e. The Hall–Kier alpha value is -1.55. The van der Waals surface area contributed by atoms with Gasteiger partial charge < -0.3 is 15.8 Å². The number of nitrogens with two attached hydrogens (primary N) is 1. The molecule has 2 rings (SSSR count). The maximum Gasteiger partial charge on any atom is 0.258 e. The van der Waals surface area contributed by atoms with Gasteiger partial charge in [0, 0.05) is 12.1 Å². The van der Waals surface area contributed by atoms with Crippen LogP contribution < -0.4 is 15.8 Å². The number of hydrogen-bond donors (Lipinski definition) is 2. The molecule has 1 saturated carbocycles. The van der Waals surface area contributed by atoms with Crippen LogP contribution in [0.15, 0.2) is 24.3 Å². The summed E-state index contributed by atoms with van der Waals surface area (Å²) in [5, 5.41) is 3.04. The van der Waals surface area contributed by atoms with Gasteiger partial charge in [-0.25, -0.2) is 0 Å². The maximum absolute atomic E-state index is 11.8. The zero-order chi connectivity index (χ0) is 15.1. The van der Waals surface area contributed by atoms with Crippen molar-refractivity contribution in [1.82, 2.24) is 5.32 Å². The number of rotatable bonds is 6. The summed E-state index contributed by atoms with van der Waals surface area (Å²) in [4.78, 5) is 11.8. The summed E-state index contributed by atoms with van der Waals surface area (Å²) in [7, 11) is 0. The van der Waals surface area contributed by atoms with E-state index in [1.54, 1.807) is 0 Å². The molecule has 0 saturated heterocycles. The highest BCUT2D eigenvalue weighted by atomic mass is 16.5. The lowest BCUT2D eigenvalue weighted by molar-refractivity contribution is -0.124. The zero-order valence-corrected chi connectivity index (χ0v) is 12.8. The molecule has 0 radical (unpaired) electrons. The van der Waals surface area contributed by atoms with Crippen molar-refractivity contribution in [3.05, 3.63) is 29.8 Å². The Balaban J connectivity index is 1.75. The number of hydrogen-bond acceptors (Lipinski definition) is 3. The Morgan fingerprint density at radius 3 is 2.57 bits per heavy atom. The third-order valence-electron chi connectivity index (χ3n) is 4.09. The lowest BCUT2D eigenvalue weighted by Gasteiger charge is -2.22. The fourth-order valence-corrected chi connectivity index (χ4v) is 2.71. The standard InChI is InChI=1S/C17H26N2O2/c1-2-16(18)13-8-10-15(11-9-13)21-12-17(20)19-14-6-4-3-5-7-14/h8-11,14,16H,2-7,12,18H2,1H3,(H,19,20)/t16-/m0/s1. The number of benzene rings is 1. The lowest BCUT2D eigenvalue weighted by atomic mass is 9.95. The van der Waals surface area contributed by atoms with Crippen molar-refractivity contribution < 1.29 is 9.53 Å². The van der Waals surface area contributed by atoms with Gasteiger partial charge in [0.05, 0.1) is 0 Å². The highest BCUT2D eigenvalue weighted by Gasteiger charge is 2.15. The maximum atomic E-state index is 11.8. The first-order chi connectivity index (χ1) is 10.2. The predicted molar refractivity (Wildman–Crippen MR) is 84.2 cm³/mol. The average molecular weight is 290 g/mol. The molecule has 0 bridgehead atoms. The molecule has 0 spiro atoms. The minimum absolute atomic E-state index is 0.0313. The summed E-state index contributed by atoms with van der Waals surface area (Å²) in [6.07, 6.45) is 6.81. The number of amides is 1. The van der Waals surface area contributed by atoms with E-state index < -0.39 is 0 Å². The molecule has 21 heavy (non-hydrogen) atoms. The van der Waals surface area contributed by atoms with Gasteiger partial charge in [0.15, 0.2) is 6.61 Å². The van der Waals surface area contributed by atoms with Crippen LogP contribution in [0.5, 0.6) is 5.75 Å². The number of ether oxygens (including phenoxy) is 1. The van der Waals surface area contributed by atoms with Crippen LogP contribution in [0.25, 0.3) is 0 Å². The van der Waals surface area contributed by atoms with Crippen LogP contribution in [0.4, 0.5) is 0 Å². The number of carbonyl (C=O) groups is 1. The Kier molecular flexibility index (Phi) is 6.05. The monoisotopic (exact) mass is 290 g/mol. The van der Waals surface area contributed by atoms with Crippen molar-refractivity contribution in [3.8, 4) is 5.75 Å². The van der Waals surface area contributed by atoms with Gasteiger partial charge in [-0.05, 0) is 37.0 Å². The Labute approximate surface area is 127 Å². The van der Waals surface area contributed by atoms with Crippen LogP contribution in [0.3, 0.4) is 0 Å².